The number of carbonyl (C=O) groups is 2. The molecule has 0 spiro atoms. The third kappa shape index (κ3) is 7.99. The summed E-state index contributed by atoms with van der Waals surface area (Å²) in [7, 11) is 0. The van der Waals surface area contributed by atoms with Gasteiger partial charge in [-0.2, -0.15) is 0 Å². The van der Waals surface area contributed by atoms with Crippen molar-refractivity contribution in [2.45, 2.75) is 59.1 Å². The third-order valence-corrected chi connectivity index (χ3v) is 2.87. The van der Waals surface area contributed by atoms with E-state index < -0.39 is 11.6 Å². The monoisotopic (exact) mass is 288 g/mol. The van der Waals surface area contributed by atoms with E-state index in [2.05, 4.69) is 5.32 Å². The Morgan fingerprint density at radius 3 is 2.40 bits per heavy atom. The van der Waals surface area contributed by atoms with Gasteiger partial charge in [0.25, 0.3) is 0 Å². The summed E-state index contributed by atoms with van der Waals surface area (Å²) in [5, 5.41) is 11.5. The van der Waals surface area contributed by atoms with Gasteiger partial charge in [0.05, 0.1) is 5.60 Å². The molecule has 0 aliphatic heterocycles. The maximum atomic E-state index is 12.1. The van der Waals surface area contributed by atoms with Crippen molar-refractivity contribution in [3.05, 3.63) is 0 Å². The molecule has 2 N–H and O–H groups in total. The average Bonchev–Trinajstić information content (AvgIpc) is 2.31. The number of urea groups is 1. The molecule has 0 aliphatic rings. The number of carbonyl (C=O) groups excluding carboxylic acids is 1. The van der Waals surface area contributed by atoms with Crippen molar-refractivity contribution in [2.75, 3.05) is 19.7 Å². The molecule has 0 aromatic heterocycles. The van der Waals surface area contributed by atoms with Crippen LogP contribution in [0.5, 0.6) is 0 Å². The molecule has 6 heteroatoms. The van der Waals surface area contributed by atoms with Crippen LogP contribution in [0.25, 0.3) is 0 Å². The Balaban J connectivity index is 4.32. The first-order chi connectivity index (χ1) is 9.19. The van der Waals surface area contributed by atoms with Crippen LogP contribution in [0.15, 0.2) is 0 Å². The van der Waals surface area contributed by atoms with E-state index in [1.165, 1.54) is 0 Å². The number of nitrogens with one attached hydrogen (secondary N) is 1. The SMILES string of the molecule is CCOC(C)(C)CNC(=O)N(CCCC(=O)O)C(C)C. The molecule has 0 saturated carbocycles. The van der Waals surface area contributed by atoms with Gasteiger partial charge in [-0.1, -0.05) is 0 Å². The highest BCUT2D eigenvalue weighted by Gasteiger charge is 2.22. The summed E-state index contributed by atoms with van der Waals surface area (Å²) < 4.78 is 5.52. The van der Waals surface area contributed by atoms with Gasteiger partial charge >= 0.3 is 12.0 Å². The van der Waals surface area contributed by atoms with Gasteiger partial charge in [-0.3, -0.25) is 4.79 Å². The molecule has 0 unspecified atom stereocenters. The summed E-state index contributed by atoms with van der Waals surface area (Å²) in [6.45, 7) is 11.0. The first kappa shape index (κ1) is 18.7. The molecule has 0 atom stereocenters. The predicted octanol–water partition coefficient (Wildman–Crippen LogP) is 2.09. The Morgan fingerprint density at radius 1 is 1.35 bits per heavy atom. The van der Waals surface area contributed by atoms with Gasteiger partial charge in [-0.25, -0.2) is 4.79 Å². The number of carboxylic acids is 1. The number of carboxylic acid groups (broad SMARTS) is 1. The number of amides is 2. The molecule has 0 rings (SSSR count). The topological polar surface area (TPSA) is 78.9 Å². The van der Waals surface area contributed by atoms with Gasteiger partial charge in [0, 0.05) is 32.2 Å². The van der Waals surface area contributed by atoms with Crippen LogP contribution in [0.3, 0.4) is 0 Å². The van der Waals surface area contributed by atoms with Gasteiger partial charge in [0.15, 0.2) is 0 Å². The number of ether oxygens (including phenoxy) is 1. The molecule has 0 heterocycles. The number of hydrogen-bond donors (Lipinski definition) is 2. The van der Waals surface area contributed by atoms with E-state index in [-0.39, 0.29) is 18.5 Å². The Bertz CT molecular complexity index is 316. The maximum Gasteiger partial charge on any atom is 0.317 e. The maximum absolute atomic E-state index is 12.1. The summed E-state index contributed by atoms with van der Waals surface area (Å²) in [5.41, 5.74) is -0.409. The number of hydrogen-bond acceptors (Lipinski definition) is 3. The van der Waals surface area contributed by atoms with Crippen molar-refractivity contribution < 1.29 is 19.4 Å². The van der Waals surface area contributed by atoms with E-state index in [4.69, 9.17) is 9.84 Å². The molecular formula is C14H28N2O4. The predicted molar refractivity (Wildman–Crippen MR) is 77.8 cm³/mol. The van der Waals surface area contributed by atoms with Crippen molar-refractivity contribution in [3.8, 4) is 0 Å². The highest BCUT2D eigenvalue weighted by atomic mass is 16.5. The molecule has 20 heavy (non-hydrogen) atoms. The molecule has 118 valence electrons. The lowest BCUT2D eigenvalue weighted by Crippen LogP contribution is -2.49. The Labute approximate surface area is 121 Å². The minimum absolute atomic E-state index is 0.0269. The summed E-state index contributed by atoms with van der Waals surface area (Å²) in [6.07, 6.45) is 0.525. The van der Waals surface area contributed by atoms with Crippen molar-refractivity contribution >= 4 is 12.0 Å². The van der Waals surface area contributed by atoms with Crippen LogP contribution in [0.1, 0.15) is 47.5 Å². The van der Waals surface area contributed by atoms with Crippen LogP contribution in [0, 0.1) is 0 Å². The molecule has 0 aromatic carbocycles. The highest BCUT2D eigenvalue weighted by molar-refractivity contribution is 5.74. The molecule has 0 aromatic rings. The Kier molecular flexibility index (Phi) is 8.22. The minimum atomic E-state index is -0.841. The second-order valence-electron chi connectivity index (χ2n) is 5.64. The first-order valence-corrected chi connectivity index (χ1v) is 7.10. The van der Waals surface area contributed by atoms with Crippen LogP contribution >= 0.6 is 0 Å². The van der Waals surface area contributed by atoms with E-state index in [0.717, 1.165) is 0 Å². The van der Waals surface area contributed by atoms with Crippen molar-refractivity contribution in [1.82, 2.24) is 10.2 Å². The van der Waals surface area contributed by atoms with Crippen molar-refractivity contribution in [2.24, 2.45) is 0 Å². The largest absolute Gasteiger partial charge is 0.481 e. The lowest BCUT2D eigenvalue weighted by Gasteiger charge is -2.30. The lowest BCUT2D eigenvalue weighted by molar-refractivity contribution is -0.137. The smallest absolute Gasteiger partial charge is 0.317 e. The summed E-state index contributed by atoms with van der Waals surface area (Å²) >= 11 is 0. The zero-order valence-corrected chi connectivity index (χ0v) is 13.2. The fraction of sp³-hybridized carbons (Fsp3) is 0.857. The zero-order chi connectivity index (χ0) is 15.8. The van der Waals surface area contributed by atoms with E-state index in [9.17, 15) is 9.59 Å². The van der Waals surface area contributed by atoms with Gasteiger partial charge in [0.1, 0.15) is 0 Å². The van der Waals surface area contributed by atoms with E-state index in [1.54, 1.807) is 4.90 Å². The summed E-state index contributed by atoms with van der Waals surface area (Å²) in [5.74, 6) is -0.841. The molecule has 0 radical (unpaired) electrons. The molecule has 0 fully saturated rings. The fourth-order valence-electron chi connectivity index (χ4n) is 1.83. The van der Waals surface area contributed by atoms with Gasteiger partial charge in [0.2, 0.25) is 0 Å². The van der Waals surface area contributed by atoms with Crippen molar-refractivity contribution in [1.29, 1.82) is 0 Å². The molecular weight excluding hydrogens is 260 g/mol. The fourth-order valence-corrected chi connectivity index (χ4v) is 1.83. The number of nitrogens with zero attached hydrogens (tertiary/aromatic N) is 1. The second-order valence-corrected chi connectivity index (χ2v) is 5.64. The van der Waals surface area contributed by atoms with Crippen LogP contribution < -0.4 is 5.32 Å². The molecule has 0 aliphatic carbocycles. The average molecular weight is 288 g/mol. The molecule has 6 nitrogen and oxygen atoms in total. The standard InChI is InChI=1S/C14H28N2O4/c1-6-20-14(4,5)10-15-13(19)16(11(2)3)9-7-8-12(17)18/h11H,6-10H2,1-5H3,(H,15,19)(H,17,18). The highest BCUT2D eigenvalue weighted by Crippen LogP contribution is 2.08. The van der Waals surface area contributed by atoms with Crippen molar-refractivity contribution in [3.63, 3.8) is 0 Å². The third-order valence-electron chi connectivity index (χ3n) is 2.87. The van der Waals surface area contributed by atoms with Gasteiger partial charge in [-0.05, 0) is 41.0 Å². The zero-order valence-electron chi connectivity index (χ0n) is 13.2. The minimum Gasteiger partial charge on any atom is -0.481 e. The van der Waals surface area contributed by atoms with E-state index >= 15 is 0 Å². The molecule has 0 saturated heterocycles. The quantitative estimate of drug-likeness (QED) is 0.681. The summed E-state index contributed by atoms with van der Waals surface area (Å²) in [6, 6.07) is -0.155. The van der Waals surface area contributed by atoms with Gasteiger partial charge in [-0.15, -0.1) is 0 Å². The number of aliphatic carboxylic acids is 1. The Hall–Kier alpha value is -1.30. The molecule has 2 amide bonds. The van der Waals surface area contributed by atoms with Crippen LogP contribution in [-0.2, 0) is 9.53 Å². The van der Waals surface area contributed by atoms with Crippen LogP contribution in [-0.4, -0.2) is 53.3 Å². The second kappa shape index (κ2) is 8.79. The number of rotatable bonds is 9. The first-order valence-electron chi connectivity index (χ1n) is 7.10. The van der Waals surface area contributed by atoms with Gasteiger partial charge < -0.3 is 20.1 Å². The Morgan fingerprint density at radius 2 is 1.95 bits per heavy atom. The summed E-state index contributed by atoms with van der Waals surface area (Å²) in [4.78, 5) is 24.3. The van der Waals surface area contributed by atoms with E-state index in [0.29, 0.717) is 26.1 Å². The molecule has 0 bridgehead atoms. The normalized spacial score (nSPS) is 11.5. The van der Waals surface area contributed by atoms with Crippen LogP contribution in [0.4, 0.5) is 4.79 Å². The van der Waals surface area contributed by atoms with E-state index in [1.807, 2.05) is 34.6 Å². The van der Waals surface area contributed by atoms with Crippen LogP contribution in [0.2, 0.25) is 0 Å². The lowest BCUT2D eigenvalue weighted by atomic mass is 10.1.